The van der Waals surface area contributed by atoms with Crippen LogP contribution in [-0.2, 0) is 19.3 Å². The van der Waals surface area contributed by atoms with Crippen LogP contribution in [-0.4, -0.2) is 70.7 Å². The van der Waals surface area contributed by atoms with Gasteiger partial charge in [-0.25, -0.2) is 8.42 Å². The SMILES string of the molecule is O=S(=O)([O-])OC[C@H]1OC(O)[C@H](O)[C@@H](O)[C@H]1O.[K+]. The van der Waals surface area contributed by atoms with Gasteiger partial charge in [-0.15, -0.1) is 0 Å². The van der Waals surface area contributed by atoms with Gasteiger partial charge >= 0.3 is 51.4 Å². The molecule has 0 radical (unpaired) electrons. The van der Waals surface area contributed by atoms with Crippen LogP contribution in [0.15, 0.2) is 0 Å². The predicted molar refractivity (Wildman–Crippen MR) is 44.5 cm³/mol. The summed E-state index contributed by atoms with van der Waals surface area (Å²) in [7, 11) is -4.96. The van der Waals surface area contributed by atoms with E-state index in [0.29, 0.717) is 0 Å². The maximum atomic E-state index is 10.1. The quantitative estimate of drug-likeness (QED) is 0.226. The predicted octanol–water partition coefficient (Wildman–Crippen LogP) is -6.73. The molecular weight excluding hydrogens is 287 g/mol. The largest absolute Gasteiger partial charge is 1.00 e. The molecule has 0 aliphatic carbocycles. The molecule has 1 aliphatic heterocycles. The van der Waals surface area contributed by atoms with Gasteiger partial charge in [0.05, 0.1) is 6.61 Å². The molecule has 5 atom stereocenters. The molecule has 1 heterocycles. The van der Waals surface area contributed by atoms with E-state index in [-0.39, 0.29) is 51.4 Å². The molecule has 9 nitrogen and oxygen atoms in total. The molecule has 0 spiro atoms. The van der Waals surface area contributed by atoms with Crippen molar-refractivity contribution in [1.29, 1.82) is 0 Å². The van der Waals surface area contributed by atoms with Crippen molar-refractivity contribution in [3.63, 3.8) is 0 Å². The average Bonchev–Trinajstić information content (AvgIpc) is 2.17. The third kappa shape index (κ3) is 5.44. The molecular formula is C6H11KO9S. The van der Waals surface area contributed by atoms with Crippen LogP contribution >= 0.6 is 0 Å². The number of aliphatic hydroxyl groups is 4. The molecule has 0 bridgehead atoms. The maximum Gasteiger partial charge on any atom is 1.00 e. The number of aliphatic hydroxyl groups excluding tert-OH is 4. The summed E-state index contributed by atoms with van der Waals surface area (Å²) >= 11 is 0. The Labute approximate surface area is 140 Å². The summed E-state index contributed by atoms with van der Waals surface area (Å²) < 4.78 is 38.7. The molecule has 0 amide bonds. The molecule has 1 saturated heterocycles. The number of rotatable bonds is 3. The summed E-state index contributed by atoms with van der Waals surface area (Å²) in [4.78, 5) is 0. The van der Waals surface area contributed by atoms with Gasteiger partial charge in [0.2, 0.25) is 10.4 Å². The van der Waals surface area contributed by atoms with Gasteiger partial charge in [0.1, 0.15) is 24.4 Å². The van der Waals surface area contributed by atoms with Gasteiger partial charge in [0.25, 0.3) is 0 Å². The first-order valence-corrected chi connectivity index (χ1v) is 5.53. The molecule has 1 rings (SSSR count). The molecule has 1 aliphatic rings. The Bertz CT molecular complexity index is 332. The molecule has 1 unspecified atom stereocenters. The minimum absolute atomic E-state index is 0. The molecule has 0 saturated carbocycles. The van der Waals surface area contributed by atoms with E-state index in [0.717, 1.165) is 0 Å². The van der Waals surface area contributed by atoms with Crippen molar-refractivity contribution in [2.75, 3.05) is 6.61 Å². The van der Waals surface area contributed by atoms with E-state index in [1.165, 1.54) is 0 Å². The second kappa shape index (κ2) is 7.19. The number of hydrogen-bond donors (Lipinski definition) is 4. The van der Waals surface area contributed by atoms with E-state index < -0.39 is 47.7 Å². The van der Waals surface area contributed by atoms with E-state index in [2.05, 4.69) is 8.92 Å². The average molecular weight is 298 g/mol. The fourth-order valence-electron chi connectivity index (χ4n) is 1.22. The summed E-state index contributed by atoms with van der Waals surface area (Å²) in [5.74, 6) is 0. The zero-order valence-electron chi connectivity index (χ0n) is 8.83. The van der Waals surface area contributed by atoms with Crippen molar-refractivity contribution in [2.45, 2.75) is 30.7 Å². The van der Waals surface area contributed by atoms with E-state index >= 15 is 0 Å². The Hall–Kier alpha value is 1.31. The minimum Gasteiger partial charge on any atom is -0.726 e. The summed E-state index contributed by atoms with van der Waals surface area (Å²) in [5.41, 5.74) is 0. The van der Waals surface area contributed by atoms with Crippen molar-refractivity contribution in [3.8, 4) is 0 Å². The molecule has 0 aromatic rings. The Morgan fingerprint density at radius 2 is 1.65 bits per heavy atom. The smallest absolute Gasteiger partial charge is 0.726 e. The Morgan fingerprint density at radius 3 is 2.12 bits per heavy atom. The van der Waals surface area contributed by atoms with Gasteiger partial charge in [0, 0.05) is 0 Å². The normalized spacial score (nSPS) is 38.5. The van der Waals surface area contributed by atoms with Gasteiger partial charge in [0.15, 0.2) is 6.29 Å². The zero-order chi connectivity index (χ0) is 12.5. The van der Waals surface area contributed by atoms with Gasteiger partial charge in [-0.3, -0.25) is 4.18 Å². The van der Waals surface area contributed by atoms with Gasteiger partial charge in [-0.2, -0.15) is 0 Å². The molecule has 11 heteroatoms. The zero-order valence-corrected chi connectivity index (χ0v) is 12.8. The van der Waals surface area contributed by atoms with Crippen LogP contribution < -0.4 is 51.4 Å². The van der Waals surface area contributed by atoms with Crippen LogP contribution in [0.1, 0.15) is 0 Å². The first-order chi connectivity index (χ1) is 7.22. The van der Waals surface area contributed by atoms with Crippen molar-refractivity contribution in [3.05, 3.63) is 0 Å². The standard InChI is InChI=1S/C6H12O9S.K/c7-3-2(1-14-16(11,12)13)15-6(10)5(9)4(3)8;/h2-10H,1H2,(H,11,12,13);/q;+1/p-1/t2-,3+,4+,5-,6?;/m1./s1. The minimum atomic E-state index is -4.96. The van der Waals surface area contributed by atoms with Crippen LogP contribution in [0.5, 0.6) is 0 Å². The molecule has 0 aromatic carbocycles. The second-order valence-corrected chi connectivity index (χ2v) is 4.28. The number of hydrogen-bond acceptors (Lipinski definition) is 9. The summed E-state index contributed by atoms with van der Waals surface area (Å²) in [6.07, 6.45) is -8.37. The van der Waals surface area contributed by atoms with E-state index in [9.17, 15) is 23.2 Å². The van der Waals surface area contributed by atoms with Crippen LogP contribution in [0, 0.1) is 0 Å². The van der Waals surface area contributed by atoms with E-state index in [4.69, 9.17) is 10.2 Å². The summed E-state index contributed by atoms with van der Waals surface area (Å²) in [6.45, 7) is -0.867. The molecule has 17 heavy (non-hydrogen) atoms. The fourth-order valence-corrected chi connectivity index (χ4v) is 1.52. The van der Waals surface area contributed by atoms with Crippen molar-refractivity contribution in [2.24, 2.45) is 0 Å². The Morgan fingerprint density at radius 1 is 1.12 bits per heavy atom. The van der Waals surface area contributed by atoms with Crippen molar-refractivity contribution < 1.29 is 93.7 Å². The molecule has 1 fully saturated rings. The van der Waals surface area contributed by atoms with Crippen LogP contribution in [0.4, 0.5) is 0 Å². The van der Waals surface area contributed by atoms with Crippen LogP contribution in [0.2, 0.25) is 0 Å². The van der Waals surface area contributed by atoms with Gasteiger partial charge in [-0.05, 0) is 0 Å². The fraction of sp³-hybridized carbons (Fsp3) is 1.00. The Balaban J connectivity index is 0.00000256. The van der Waals surface area contributed by atoms with E-state index in [1.54, 1.807) is 0 Å². The van der Waals surface area contributed by atoms with E-state index in [1.807, 2.05) is 0 Å². The van der Waals surface area contributed by atoms with Gasteiger partial charge < -0.3 is 29.7 Å². The van der Waals surface area contributed by atoms with Gasteiger partial charge in [-0.1, -0.05) is 0 Å². The third-order valence-electron chi connectivity index (χ3n) is 2.06. The molecule has 96 valence electrons. The topological polar surface area (TPSA) is 157 Å². The monoisotopic (exact) mass is 298 g/mol. The maximum absolute atomic E-state index is 10.1. The molecule has 4 N–H and O–H groups in total. The van der Waals surface area contributed by atoms with Crippen molar-refractivity contribution >= 4 is 10.4 Å². The van der Waals surface area contributed by atoms with Crippen molar-refractivity contribution in [1.82, 2.24) is 0 Å². The second-order valence-electron chi connectivity index (χ2n) is 3.23. The third-order valence-corrected chi connectivity index (χ3v) is 2.49. The number of ether oxygens (including phenoxy) is 1. The Kier molecular flexibility index (Phi) is 7.74. The summed E-state index contributed by atoms with van der Waals surface area (Å²) in [6, 6.07) is 0. The first-order valence-electron chi connectivity index (χ1n) is 4.20. The van der Waals surface area contributed by atoms with Crippen LogP contribution in [0.3, 0.4) is 0 Å². The molecule has 0 aromatic heterocycles. The summed E-state index contributed by atoms with van der Waals surface area (Å²) in [5, 5.41) is 36.6. The first kappa shape index (κ1) is 18.3. The van der Waals surface area contributed by atoms with Crippen LogP contribution in [0.25, 0.3) is 0 Å².